The molecule has 0 aliphatic carbocycles. The molecule has 9 heteroatoms. The van der Waals surface area contributed by atoms with Crippen molar-refractivity contribution in [1.82, 2.24) is 4.90 Å². The zero-order chi connectivity index (χ0) is 20.3. The molecule has 1 aliphatic heterocycles. The molecule has 2 aromatic carbocycles. The van der Waals surface area contributed by atoms with Gasteiger partial charge in [-0.05, 0) is 69.2 Å². The molecule has 1 heterocycles. The molecule has 3 rings (SSSR count). The standard InChI is InChI=1S/C19H14BrClN2O4S/c20-14-7-12(8-16-18(25)23(9-17(22)24)19(26)28-16)3-6-15(14)27-10-11-1-4-13(21)5-2-11/h1-8H,9-10H2,(H2,22,24)/b16-8-. The van der Waals surface area contributed by atoms with Gasteiger partial charge in [-0.2, -0.15) is 0 Å². The van der Waals surface area contributed by atoms with Crippen molar-refractivity contribution in [3.8, 4) is 5.75 Å². The Morgan fingerprint density at radius 1 is 1.21 bits per heavy atom. The van der Waals surface area contributed by atoms with E-state index in [4.69, 9.17) is 22.1 Å². The summed E-state index contributed by atoms with van der Waals surface area (Å²) in [5.41, 5.74) is 6.75. The van der Waals surface area contributed by atoms with E-state index in [2.05, 4.69) is 15.9 Å². The number of carbonyl (C=O) groups is 3. The number of amides is 3. The number of halogens is 2. The lowest BCUT2D eigenvalue weighted by Gasteiger charge is -2.10. The molecule has 0 saturated carbocycles. The SMILES string of the molecule is NC(=O)CN1C(=O)S/C(=C\c2ccc(OCc3ccc(Cl)cc3)c(Br)c2)C1=O. The summed E-state index contributed by atoms with van der Waals surface area (Å²) < 4.78 is 6.49. The normalized spacial score (nSPS) is 15.4. The molecule has 0 bridgehead atoms. The molecule has 0 radical (unpaired) electrons. The Hall–Kier alpha value is -2.29. The van der Waals surface area contributed by atoms with Gasteiger partial charge >= 0.3 is 0 Å². The highest BCUT2D eigenvalue weighted by Crippen LogP contribution is 2.33. The highest BCUT2D eigenvalue weighted by atomic mass is 79.9. The van der Waals surface area contributed by atoms with Crippen LogP contribution in [0.3, 0.4) is 0 Å². The van der Waals surface area contributed by atoms with Crippen LogP contribution < -0.4 is 10.5 Å². The summed E-state index contributed by atoms with van der Waals surface area (Å²) in [5, 5.41) is 0.145. The van der Waals surface area contributed by atoms with Gasteiger partial charge in [-0.25, -0.2) is 0 Å². The van der Waals surface area contributed by atoms with Crippen LogP contribution >= 0.6 is 39.3 Å². The summed E-state index contributed by atoms with van der Waals surface area (Å²) in [6.45, 7) is -0.0513. The van der Waals surface area contributed by atoms with Crippen molar-refractivity contribution in [3.63, 3.8) is 0 Å². The van der Waals surface area contributed by atoms with Gasteiger partial charge in [-0.3, -0.25) is 19.3 Å². The Morgan fingerprint density at radius 3 is 2.57 bits per heavy atom. The highest BCUT2D eigenvalue weighted by molar-refractivity contribution is 9.10. The van der Waals surface area contributed by atoms with Crippen molar-refractivity contribution in [2.24, 2.45) is 5.73 Å². The zero-order valence-corrected chi connectivity index (χ0v) is 17.5. The number of carbonyl (C=O) groups excluding carboxylic acids is 3. The van der Waals surface area contributed by atoms with E-state index in [1.807, 2.05) is 12.1 Å². The molecular formula is C19H14BrClN2O4S. The second kappa shape index (κ2) is 8.81. The molecule has 28 heavy (non-hydrogen) atoms. The smallest absolute Gasteiger partial charge is 0.294 e. The maximum atomic E-state index is 12.3. The molecule has 1 aliphatic rings. The van der Waals surface area contributed by atoms with Crippen LogP contribution in [0.25, 0.3) is 6.08 Å². The molecular weight excluding hydrogens is 468 g/mol. The number of thioether (sulfide) groups is 1. The van der Waals surface area contributed by atoms with Gasteiger partial charge < -0.3 is 10.5 Å². The summed E-state index contributed by atoms with van der Waals surface area (Å²) in [6, 6.07) is 12.7. The van der Waals surface area contributed by atoms with Gasteiger partial charge in [0, 0.05) is 5.02 Å². The van der Waals surface area contributed by atoms with E-state index in [1.165, 1.54) is 0 Å². The predicted molar refractivity (Wildman–Crippen MR) is 112 cm³/mol. The fourth-order valence-corrected chi connectivity index (χ4v) is 3.88. The van der Waals surface area contributed by atoms with E-state index in [-0.39, 0.29) is 4.91 Å². The molecule has 1 fully saturated rings. The van der Waals surface area contributed by atoms with Crippen molar-refractivity contribution < 1.29 is 19.1 Å². The van der Waals surface area contributed by atoms with Crippen LogP contribution in [-0.4, -0.2) is 28.5 Å². The quantitative estimate of drug-likeness (QED) is 0.625. The van der Waals surface area contributed by atoms with Crippen molar-refractivity contribution in [3.05, 3.63) is 68.0 Å². The number of nitrogens with two attached hydrogens (primary N) is 1. The van der Waals surface area contributed by atoms with Crippen molar-refractivity contribution in [2.45, 2.75) is 6.61 Å². The zero-order valence-electron chi connectivity index (χ0n) is 14.4. The molecule has 6 nitrogen and oxygen atoms in total. The van der Waals surface area contributed by atoms with E-state index in [1.54, 1.807) is 36.4 Å². The first kappa shape index (κ1) is 20.4. The number of ether oxygens (including phenoxy) is 1. The lowest BCUT2D eigenvalue weighted by Crippen LogP contribution is -2.36. The van der Waals surface area contributed by atoms with Gasteiger partial charge in [0.05, 0.1) is 9.38 Å². The Kier molecular flexibility index (Phi) is 6.43. The van der Waals surface area contributed by atoms with E-state index >= 15 is 0 Å². The molecule has 2 aromatic rings. The fourth-order valence-electron chi connectivity index (χ4n) is 2.41. The third-order valence-electron chi connectivity index (χ3n) is 3.75. The van der Waals surface area contributed by atoms with E-state index in [0.717, 1.165) is 22.2 Å². The lowest BCUT2D eigenvalue weighted by molar-refractivity contribution is -0.127. The Bertz CT molecular complexity index is 978. The second-order valence-corrected chi connectivity index (χ2v) is 8.12. The Balaban J connectivity index is 1.71. The van der Waals surface area contributed by atoms with Crippen molar-refractivity contribution in [1.29, 1.82) is 0 Å². The minimum Gasteiger partial charge on any atom is -0.488 e. The molecule has 144 valence electrons. The number of benzene rings is 2. The van der Waals surface area contributed by atoms with Crippen LogP contribution in [0.5, 0.6) is 5.75 Å². The van der Waals surface area contributed by atoms with Crippen LogP contribution in [0.1, 0.15) is 11.1 Å². The Morgan fingerprint density at radius 2 is 1.93 bits per heavy atom. The first-order valence-corrected chi connectivity index (χ1v) is 10.0. The van der Waals surface area contributed by atoms with Crippen LogP contribution in [0.15, 0.2) is 51.8 Å². The fraction of sp³-hybridized carbons (Fsp3) is 0.105. The van der Waals surface area contributed by atoms with Gasteiger partial charge in [-0.1, -0.05) is 29.8 Å². The largest absolute Gasteiger partial charge is 0.488 e. The summed E-state index contributed by atoms with van der Waals surface area (Å²) in [6.07, 6.45) is 1.58. The third-order valence-corrected chi connectivity index (χ3v) is 5.53. The molecule has 3 amide bonds. The monoisotopic (exact) mass is 480 g/mol. The first-order valence-electron chi connectivity index (χ1n) is 8.04. The maximum absolute atomic E-state index is 12.3. The molecule has 0 aromatic heterocycles. The molecule has 0 unspecified atom stereocenters. The van der Waals surface area contributed by atoms with Crippen LogP contribution in [-0.2, 0) is 16.2 Å². The van der Waals surface area contributed by atoms with Gasteiger partial charge in [0.25, 0.3) is 11.1 Å². The van der Waals surface area contributed by atoms with Gasteiger partial charge in [0.2, 0.25) is 5.91 Å². The van der Waals surface area contributed by atoms with Crippen LogP contribution in [0.2, 0.25) is 5.02 Å². The number of hydrogen-bond donors (Lipinski definition) is 1. The predicted octanol–water partition coefficient (Wildman–Crippen LogP) is 4.20. The lowest BCUT2D eigenvalue weighted by atomic mass is 10.2. The molecule has 0 spiro atoms. The second-order valence-electron chi connectivity index (χ2n) is 5.84. The number of rotatable bonds is 6. The number of nitrogens with zero attached hydrogens (tertiary/aromatic N) is 1. The summed E-state index contributed by atoms with van der Waals surface area (Å²) in [5.74, 6) is -0.643. The highest BCUT2D eigenvalue weighted by Gasteiger charge is 2.35. The number of hydrogen-bond acceptors (Lipinski definition) is 5. The van der Waals surface area contributed by atoms with Gasteiger partial charge in [-0.15, -0.1) is 0 Å². The van der Waals surface area contributed by atoms with E-state index in [9.17, 15) is 14.4 Å². The average molecular weight is 482 g/mol. The third kappa shape index (κ3) is 4.95. The van der Waals surface area contributed by atoms with Gasteiger partial charge in [0.1, 0.15) is 18.9 Å². The number of imide groups is 1. The average Bonchev–Trinajstić information content (AvgIpc) is 2.89. The summed E-state index contributed by atoms with van der Waals surface area (Å²) >= 11 is 10.1. The van der Waals surface area contributed by atoms with E-state index in [0.29, 0.717) is 27.4 Å². The summed E-state index contributed by atoms with van der Waals surface area (Å²) in [4.78, 5) is 36.2. The minimum atomic E-state index is -0.742. The van der Waals surface area contributed by atoms with Gasteiger partial charge in [0.15, 0.2) is 0 Å². The molecule has 0 atom stereocenters. The van der Waals surface area contributed by atoms with Crippen LogP contribution in [0, 0.1) is 0 Å². The minimum absolute atomic E-state index is 0.230. The summed E-state index contributed by atoms with van der Waals surface area (Å²) in [7, 11) is 0. The van der Waals surface area contributed by atoms with E-state index < -0.39 is 23.6 Å². The molecule has 2 N–H and O–H groups in total. The first-order chi connectivity index (χ1) is 13.3. The van der Waals surface area contributed by atoms with Crippen molar-refractivity contribution in [2.75, 3.05) is 6.54 Å². The van der Waals surface area contributed by atoms with Crippen molar-refractivity contribution >= 4 is 62.4 Å². The Labute approximate surface area is 178 Å². The number of primary amides is 1. The molecule has 1 saturated heterocycles. The topological polar surface area (TPSA) is 89.7 Å². The maximum Gasteiger partial charge on any atom is 0.294 e. The van der Waals surface area contributed by atoms with Crippen LogP contribution in [0.4, 0.5) is 4.79 Å².